The van der Waals surface area contributed by atoms with E-state index in [4.69, 9.17) is 5.26 Å². The summed E-state index contributed by atoms with van der Waals surface area (Å²) < 4.78 is 0. The first-order chi connectivity index (χ1) is 4.21. The summed E-state index contributed by atoms with van der Waals surface area (Å²) in [5.41, 5.74) is 0.0694. The van der Waals surface area contributed by atoms with Crippen molar-refractivity contribution in [3.05, 3.63) is 0 Å². The van der Waals surface area contributed by atoms with Gasteiger partial charge in [0.25, 0.3) is 0 Å². The predicted octanol–water partition coefficient (Wildman–Crippen LogP) is 2.34. The van der Waals surface area contributed by atoms with Crippen LogP contribution in [0.5, 0.6) is 0 Å². The lowest BCUT2D eigenvalue weighted by molar-refractivity contribution is 0.141. The summed E-state index contributed by atoms with van der Waals surface area (Å²) in [5.74, 6) is 0.552. The fourth-order valence-electron chi connectivity index (χ4n) is 1.38. The molecule has 1 aliphatic rings. The Hall–Kier alpha value is -0.510. The second kappa shape index (κ2) is 2.02. The number of nitrogens with zero attached hydrogens (tertiary/aromatic N) is 1. The third-order valence-electron chi connectivity index (χ3n) is 2.57. The Kier molecular flexibility index (Phi) is 1.48. The lowest BCUT2D eigenvalue weighted by Gasteiger charge is -2.38. The van der Waals surface area contributed by atoms with Gasteiger partial charge in [-0.3, -0.25) is 0 Å². The molecule has 9 heavy (non-hydrogen) atoms. The van der Waals surface area contributed by atoms with Crippen LogP contribution in [0.25, 0.3) is 0 Å². The Morgan fingerprint density at radius 1 is 1.44 bits per heavy atom. The minimum absolute atomic E-state index is 0.0694. The van der Waals surface area contributed by atoms with Gasteiger partial charge in [-0.05, 0) is 18.8 Å². The molecule has 1 aliphatic carbocycles. The smallest absolute Gasteiger partial charge is 0.0692 e. The van der Waals surface area contributed by atoms with E-state index in [9.17, 15) is 0 Å². The van der Waals surface area contributed by atoms with Gasteiger partial charge in [-0.1, -0.05) is 20.3 Å². The summed E-state index contributed by atoms with van der Waals surface area (Å²) in [6.07, 6.45) is 3.51. The van der Waals surface area contributed by atoms with Crippen LogP contribution in [0.1, 0.15) is 33.1 Å². The highest BCUT2D eigenvalue weighted by molar-refractivity contribution is 5.06. The van der Waals surface area contributed by atoms with Crippen molar-refractivity contribution in [3.63, 3.8) is 0 Å². The quantitative estimate of drug-likeness (QED) is 0.525. The van der Waals surface area contributed by atoms with Gasteiger partial charge in [0.15, 0.2) is 0 Å². The Morgan fingerprint density at radius 2 is 2.00 bits per heavy atom. The second-order valence-corrected chi connectivity index (χ2v) is 3.28. The maximum Gasteiger partial charge on any atom is 0.0692 e. The van der Waals surface area contributed by atoms with E-state index < -0.39 is 0 Å². The summed E-state index contributed by atoms with van der Waals surface area (Å²) >= 11 is 0. The molecule has 1 heteroatoms. The Balaban J connectivity index is 2.60. The van der Waals surface area contributed by atoms with Crippen LogP contribution in [0.3, 0.4) is 0 Å². The largest absolute Gasteiger partial charge is 0.198 e. The molecular formula is C8H13N. The number of hydrogen-bond donors (Lipinski definition) is 0. The first-order valence-corrected chi connectivity index (χ1v) is 3.62. The minimum Gasteiger partial charge on any atom is -0.198 e. The van der Waals surface area contributed by atoms with Crippen LogP contribution in [0.15, 0.2) is 0 Å². The van der Waals surface area contributed by atoms with Crippen molar-refractivity contribution in [1.29, 1.82) is 5.26 Å². The van der Waals surface area contributed by atoms with E-state index in [0.29, 0.717) is 5.92 Å². The second-order valence-electron chi connectivity index (χ2n) is 3.28. The lowest BCUT2D eigenvalue weighted by Crippen LogP contribution is -2.32. The molecule has 1 fully saturated rings. The predicted molar refractivity (Wildman–Crippen MR) is 36.7 cm³/mol. The summed E-state index contributed by atoms with van der Waals surface area (Å²) in [6, 6.07) is 2.41. The van der Waals surface area contributed by atoms with Gasteiger partial charge in [-0.15, -0.1) is 0 Å². The molecule has 50 valence electrons. The molecule has 0 heterocycles. The van der Waals surface area contributed by atoms with Crippen molar-refractivity contribution >= 4 is 0 Å². The zero-order valence-electron chi connectivity index (χ0n) is 6.15. The molecule has 0 bridgehead atoms. The number of nitriles is 1. The summed E-state index contributed by atoms with van der Waals surface area (Å²) in [6.45, 7) is 4.28. The van der Waals surface area contributed by atoms with E-state index >= 15 is 0 Å². The van der Waals surface area contributed by atoms with Crippen LogP contribution in [-0.4, -0.2) is 0 Å². The fourth-order valence-corrected chi connectivity index (χ4v) is 1.38. The van der Waals surface area contributed by atoms with Gasteiger partial charge in [0, 0.05) is 0 Å². The molecule has 0 atom stereocenters. The molecular weight excluding hydrogens is 110 g/mol. The topological polar surface area (TPSA) is 23.8 Å². The van der Waals surface area contributed by atoms with Gasteiger partial charge < -0.3 is 0 Å². The third-order valence-corrected chi connectivity index (χ3v) is 2.57. The fraction of sp³-hybridized carbons (Fsp3) is 0.875. The molecule has 1 rings (SSSR count). The zero-order valence-corrected chi connectivity index (χ0v) is 6.15. The highest BCUT2D eigenvalue weighted by Gasteiger charge is 2.39. The molecule has 0 unspecified atom stereocenters. The molecule has 0 aromatic rings. The molecule has 0 radical (unpaired) electrons. The number of rotatable bonds is 1. The van der Waals surface area contributed by atoms with E-state index in [1.807, 2.05) is 0 Å². The van der Waals surface area contributed by atoms with Crippen molar-refractivity contribution in [2.24, 2.45) is 11.3 Å². The van der Waals surface area contributed by atoms with Crippen molar-refractivity contribution in [2.75, 3.05) is 0 Å². The van der Waals surface area contributed by atoms with E-state index in [2.05, 4.69) is 19.9 Å². The molecule has 0 aliphatic heterocycles. The van der Waals surface area contributed by atoms with Crippen LogP contribution < -0.4 is 0 Å². The molecule has 0 amide bonds. The van der Waals surface area contributed by atoms with Crippen molar-refractivity contribution < 1.29 is 0 Å². The molecule has 0 aromatic heterocycles. The summed E-state index contributed by atoms with van der Waals surface area (Å²) in [7, 11) is 0. The maximum atomic E-state index is 8.76. The van der Waals surface area contributed by atoms with Gasteiger partial charge in [-0.25, -0.2) is 0 Å². The van der Waals surface area contributed by atoms with Crippen LogP contribution in [0.2, 0.25) is 0 Å². The van der Waals surface area contributed by atoms with Gasteiger partial charge >= 0.3 is 0 Å². The first kappa shape index (κ1) is 6.61. The highest BCUT2D eigenvalue weighted by atomic mass is 14.5. The van der Waals surface area contributed by atoms with E-state index in [-0.39, 0.29) is 5.41 Å². The molecule has 0 aromatic carbocycles. The van der Waals surface area contributed by atoms with E-state index in [1.165, 1.54) is 6.42 Å². The standard InChI is InChI=1S/C8H13N/c1-7(2)8(6-9)4-3-5-8/h7H,3-5H2,1-2H3. The first-order valence-electron chi connectivity index (χ1n) is 3.62. The molecule has 0 saturated heterocycles. The van der Waals surface area contributed by atoms with Gasteiger partial charge in [-0.2, -0.15) is 5.26 Å². The van der Waals surface area contributed by atoms with Gasteiger partial charge in [0.2, 0.25) is 0 Å². The maximum absolute atomic E-state index is 8.76. The number of hydrogen-bond acceptors (Lipinski definition) is 1. The average Bonchev–Trinajstić information content (AvgIpc) is 1.62. The normalized spacial score (nSPS) is 22.9. The van der Waals surface area contributed by atoms with Gasteiger partial charge in [0.05, 0.1) is 11.5 Å². The average molecular weight is 123 g/mol. The van der Waals surface area contributed by atoms with Crippen LogP contribution in [0, 0.1) is 22.7 Å². The molecule has 1 saturated carbocycles. The third kappa shape index (κ3) is 0.830. The summed E-state index contributed by atoms with van der Waals surface area (Å²) in [5, 5.41) is 8.76. The Bertz CT molecular complexity index is 137. The van der Waals surface area contributed by atoms with Crippen molar-refractivity contribution in [2.45, 2.75) is 33.1 Å². The van der Waals surface area contributed by atoms with Crippen LogP contribution >= 0.6 is 0 Å². The van der Waals surface area contributed by atoms with E-state index in [1.54, 1.807) is 0 Å². The van der Waals surface area contributed by atoms with Crippen molar-refractivity contribution in [1.82, 2.24) is 0 Å². The zero-order chi connectivity index (χ0) is 6.91. The van der Waals surface area contributed by atoms with Gasteiger partial charge in [0.1, 0.15) is 0 Å². The monoisotopic (exact) mass is 123 g/mol. The Morgan fingerprint density at radius 3 is 2.00 bits per heavy atom. The van der Waals surface area contributed by atoms with Crippen LogP contribution in [0.4, 0.5) is 0 Å². The molecule has 0 spiro atoms. The van der Waals surface area contributed by atoms with Crippen molar-refractivity contribution in [3.8, 4) is 6.07 Å². The Labute approximate surface area is 56.7 Å². The highest BCUT2D eigenvalue weighted by Crippen LogP contribution is 2.46. The lowest BCUT2D eigenvalue weighted by atomic mass is 9.63. The SMILES string of the molecule is CC(C)C1(C#N)CCC1. The summed E-state index contributed by atoms with van der Waals surface area (Å²) in [4.78, 5) is 0. The molecule has 1 nitrogen and oxygen atoms in total. The van der Waals surface area contributed by atoms with E-state index in [0.717, 1.165) is 12.8 Å². The van der Waals surface area contributed by atoms with Crippen LogP contribution in [-0.2, 0) is 0 Å². The minimum atomic E-state index is 0.0694. The molecule has 0 N–H and O–H groups in total.